The summed E-state index contributed by atoms with van der Waals surface area (Å²) in [7, 11) is 4.28. The van der Waals surface area contributed by atoms with Crippen molar-refractivity contribution in [1.82, 2.24) is 0 Å². The lowest BCUT2D eigenvalue weighted by Crippen LogP contribution is -2.44. The van der Waals surface area contributed by atoms with E-state index < -0.39 is 0 Å². The van der Waals surface area contributed by atoms with E-state index in [1.54, 1.807) is 0 Å². The van der Waals surface area contributed by atoms with Gasteiger partial charge in [-0.1, -0.05) is 228 Å². The molecule has 0 spiro atoms. The van der Waals surface area contributed by atoms with Gasteiger partial charge >= 0.3 is 0 Å². The fourth-order valence-electron chi connectivity index (χ4n) is 7.70. The fourth-order valence-corrected chi connectivity index (χ4v) is 7.70. The Morgan fingerprint density at radius 3 is 1.16 bits per heavy atom. The number of aryl methyl sites for hydroxylation is 1. The van der Waals surface area contributed by atoms with Gasteiger partial charge in [0.2, 0.25) is 6.71 Å². The van der Waals surface area contributed by atoms with Crippen molar-refractivity contribution >= 4 is 34.4 Å². The lowest BCUT2D eigenvalue weighted by atomic mass is 9.34. The highest BCUT2D eigenvalue weighted by Crippen LogP contribution is 2.39. The van der Waals surface area contributed by atoms with Crippen LogP contribution in [0.15, 0.2) is 212 Å². The molecule has 8 aromatic carbocycles. The first-order valence-corrected chi connectivity index (χ1v) is 19.1. The minimum Gasteiger partial charge on any atom is -0.377 e. The lowest BCUT2D eigenvalue weighted by Gasteiger charge is -2.27. The first-order chi connectivity index (χ1) is 27.0. The second-order valence-electron chi connectivity index (χ2n) is 14.4. The maximum atomic E-state index is 2.33. The number of para-hydroxylation sites is 1. The summed E-state index contributed by atoms with van der Waals surface area (Å²) in [4.78, 5) is 2.23. The van der Waals surface area contributed by atoms with Crippen molar-refractivity contribution in [3.8, 4) is 33.4 Å². The normalized spacial score (nSPS) is 11.5. The third-order valence-corrected chi connectivity index (χ3v) is 10.6. The summed E-state index contributed by atoms with van der Waals surface area (Å²) >= 11 is 0. The molecule has 0 heterocycles. The molecule has 0 bridgehead atoms. The Kier molecular flexibility index (Phi) is 10.4. The van der Waals surface area contributed by atoms with Crippen LogP contribution in [0.3, 0.4) is 0 Å². The number of hydrogen-bond donors (Lipinski definition) is 0. The first-order valence-electron chi connectivity index (χ1n) is 19.1. The molecule has 0 aliphatic carbocycles. The molecule has 8 aromatic rings. The van der Waals surface area contributed by atoms with Crippen LogP contribution in [-0.2, 0) is 0 Å². The van der Waals surface area contributed by atoms with E-state index in [-0.39, 0.29) is 6.71 Å². The largest absolute Gasteiger partial charge is 0.377 e. The molecule has 1 nitrogen and oxygen atoms in total. The molecule has 0 saturated heterocycles. The van der Waals surface area contributed by atoms with Gasteiger partial charge in [-0.15, -0.1) is 0 Å². The number of nitrogens with zero attached hydrogens (tertiary/aromatic N) is 1. The predicted octanol–water partition coefficient (Wildman–Crippen LogP) is 11.9. The van der Waals surface area contributed by atoms with Crippen molar-refractivity contribution in [3.63, 3.8) is 0 Å². The quantitative estimate of drug-likeness (QED) is 0.101. The molecule has 0 fully saturated rings. The third-order valence-electron chi connectivity index (χ3n) is 10.6. The molecule has 8 rings (SSSR count). The maximum Gasteiger partial charge on any atom is 0.242 e. The minimum atomic E-state index is -0.0938. The second kappa shape index (κ2) is 16.2. The Balaban J connectivity index is 1.43. The molecular weight excluding hydrogens is 661 g/mol. The SMILES string of the molecule is Cc1ccc(/C(=C(/B(c2ccc(-c3ccccc3)cc2)c2ccc(-c3ccccc3)cc2)c2ccc(-c3ccccc3)cc2)c2ccccc2N(C)C)cc1. The molecule has 264 valence electrons. The van der Waals surface area contributed by atoms with Gasteiger partial charge in [-0.25, -0.2) is 0 Å². The standard InChI is InChI=1S/C53H44BN/c1-39-23-25-46(26-24-39)52(50-21-13-14-22-51(50)55(2)3)53(47-29-27-43(28-30-47)40-15-7-4-8-16-40)54(48-35-31-44(32-36-48)41-17-9-5-10-18-41)49-37-33-45(34-38-49)42-19-11-6-12-20-42/h4-38H,1-3H3/b53-52-. The third kappa shape index (κ3) is 7.72. The van der Waals surface area contributed by atoms with Crippen LogP contribution in [0.4, 0.5) is 5.69 Å². The first kappa shape index (κ1) is 35.4. The Morgan fingerprint density at radius 1 is 0.364 bits per heavy atom. The van der Waals surface area contributed by atoms with E-state index in [4.69, 9.17) is 0 Å². The van der Waals surface area contributed by atoms with Crippen LogP contribution in [0.25, 0.3) is 44.4 Å². The summed E-state index contributed by atoms with van der Waals surface area (Å²) < 4.78 is 0. The van der Waals surface area contributed by atoms with Crippen LogP contribution >= 0.6 is 0 Å². The minimum absolute atomic E-state index is 0.0938. The summed E-state index contributed by atoms with van der Waals surface area (Å²) in [5.41, 5.74) is 18.2. The smallest absolute Gasteiger partial charge is 0.242 e. The topological polar surface area (TPSA) is 3.24 Å². The number of hydrogen-bond acceptors (Lipinski definition) is 1. The fraction of sp³-hybridized carbons (Fsp3) is 0.0566. The van der Waals surface area contributed by atoms with Crippen molar-refractivity contribution in [2.45, 2.75) is 6.92 Å². The Morgan fingerprint density at radius 2 is 0.727 bits per heavy atom. The highest BCUT2D eigenvalue weighted by molar-refractivity contribution is 7.01. The zero-order valence-electron chi connectivity index (χ0n) is 31.7. The summed E-state index contributed by atoms with van der Waals surface area (Å²) in [5.74, 6) is 0. The molecule has 0 aliphatic rings. The Labute approximate surface area is 327 Å². The molecule has 0 aliphatic heterocycles. The highest BCUT2D eigenvalue weighted by atomic mass is 15.1. The lowest BCUT2D eigenvalue weighted by molar-refractivity contribution is 1.13. The van der Waals surface area contributed by atoms with E-state index in [1.165, 1.54) is 83.3 Å². The van der Waals surface area contributed by atoms with Crippen molar-refractivity contribution < 1.29 is 0 Å². The van der Waals surface area contributed by atoms with Crippen molar-refractivity contribution in [1.29, 1.82) is 0 Å². The molecule has 2 heteroatoms. The van der Waals surface area contributed by atoms with Gasteiger partial charge in [0.15, 0.2) is 0 Å². The van der Waals surface area contributed by atoms with Crippen LogP contribution in [0, 0.1) is 6.92 Å². The summed E-state index contributed by atoms with van der Waals surface area (Å²) in [6.07, 6.45) is 0. The van der Waals surface area contributed by atoms with Crippen molar-refractivity contribution in [2.75, 3.05) is 19.0 Å². The summed E-state index contributed by atoms with van der Waals surface area (Å²) in [6, 6.07) is 77.6. The van der Waals surface area contributed by atoms with Gasteiger partial charge in [0.05, 0.1) is 0 Å². The van der Waals surface area contributed by atoms with E-state index in [1.807, 2.05) is 0 Å². The second-order valence-corrected chi connectivity index (χ2v) is 14.4. The van der Waals surface area contributed by atoms with E-state index in [2.05, 4.69) is 238 Å². The molecule has 0 radical (unpaired) electrons. The highest BCUT2D eigenvalue weighted by Gasteiger charge is 2.30. The molecular formula is C53H44BN. The number of benzene rings is 8. The molecule has 0 unspecified atom stereocenters. The van der Waals surface area contributed by atoms with E-state index in [0.29, 0.717) is 0 Å². The number of anilines is 1. The Hall–Kier alpha value is -6.64. The van der Waals surface area contributed by atoms with Gasteiger partial charge in [0.25, 0.3) is 0 Å². The molecule has 55 heavy (non-hydrogen) atoms. The molecule has 0 amide bonds. The monoisotopic (exact) mass is 705 g/mol. The van der Waals surface area contributed by atoms with Gasteiger partial charge in [-0.2, -0.15) is 0 Å². The summed E-state index contributed by atoms with van der Waals surface area (Å²) in [6.45, 7) is 2.07. The predicted molar refractivity (Wildman–Crippen MR) is 239 cm³/mol. The van der Waals surface area contributed by atoms with Crippen molar-refractivity contribution in [3.05, 3.63) is 235 Å². The van der Waals surface area contributed by atoms with Crippen LogP contribution in [0.5, 0.6) is 0 Å². The van der Waals surface area contributed by atoms with E-state index >= 15 is 0 Å². The molecule has 0 atom stereocenters. The van der Waals surface area contributed by atoms with Crippen LogP contribution in [0.1, 0.15) is 22.3 Å². The van der Waals surface area contributed by atoms with Crippen LogP contribution < -0.4 is 15.8 Å². The maximum absolute atomic E-state index is 2.33. The zero-order chi connectivity index (χ0) is 37.6. The Bertz CT molecular complexity index is 2420. The van der Waals surface area contributed by atoms with Crippen LogP contribution in [-0.4, -0.2) is 20.8 Å². The van der Waals surface area contributed by atoms with Crippen LogP contribution in [0.2, 0.25) is 0 Å². The van der Waals surface area contributed by atoms with E-state index in [9.17, 15) is 0 Å². The molecule has 0 saturated carbocycles. The zero-order valence-corrected chi connectivity index (χ0v) is 31.7. The van der Waals surface area contributed by atoms with Gasteiger partial charge in [-0.3, -0.25) is 0 Å². The van der Waals surface area contributed by atoms with Gasteiger partial charge in [-0.05, 0) is 63.1 Å². The average Bonchev–Trinajstić information content (AvgIpc) is 3.25. The van der Waals surface area contributed by atoms with Gasteiger partial charge in [0.1, 0.15) is 0 Å². The molecule has 0 aromatic heterocycles. The van der Waals surface area contributed by atoms with E-state index in [0.717, 1.165) is 0 Å². The average molecular weight is 706 g/mol. The van der Waals surface area contributed by atoms with Gasteiger partial charge in [0, 0.05) is 25.3 Å². The van der Waals surface area contributed by atoms with Crippen molar-refractivity contribution in [2.24, 2.45) is 0 Å². The van der Waals surface area contributed by atoms with Gasteiger partial charge < -0.3 is 4.90 Å². The summed E-state index contributed by atoms with van der Waals surface area (Å²) in [5, 5.41) is 0. The molecule has 0 N–H and O–H groups in total. The number of rotatable bonds is 10.